The number of carbonyl (C=O) groups is 2. The zero-order valence-corrected chi connectivity index (χ0v) is 19.7. The summed E-state index contributed by atoms with van der Waals surface area (Å²) in [6.45, 7) is 2.17. The molecule has 0 bridgehead atoms. The van der Waals surface area contributed by atoms with Gasteiger partial charge in [-0.3, -0.25) is 9.59 Å². The van der Waals surface area contributed by atoms with Crippen LogP contribution < -0.4 is 10.6 Å². The largest absolute Gasteiger partial charge is 0.347 e. The van der Waals surface area contributed by atoms with Gasteiger partial charge >= 0.3 is 0 Å². The number of thiophene rings is 1. The minimum atomic E-state index is -3.61. The van der Waals surface area contributed by atoms with Crippen LogP contribution in [0, 0.1) is 12.8 Å². The van der Waals surface area contributed by atoms with E-state index in [1.807, 2.05) is 31.3 Å². The molecule has 1 atom stereocenters. The summed E-state index contributed by atoms with van der Waals surface area (Å²) in [7, 11) is -3.61. The van der Waals surface area contributed by atoms with Crippen LogP contribution in [0.15, 0.2) is 59.1 Å². The monoisotopic (exact) mass is 487 g/mol. The first-order valence-corrected chi connectivity index (χ1v) is 12.8. The first-order valence-electron chi connectivity index (χ1n) is 10.6. The molecule has 1 aliphatic rings. The summed E-state index contributed by atoms with van der Waals surface area (Å²) >= 11 is 1.23. The summed E-state index contributed by atoms with van der Waals surface area (Å²) < 4.78 is 29.1. The van der Waals surface area contributed by atoms with Crippen LogP contribution >= 0.6 is 11.3 Å². The molecule has 0 saturated carbocycles. The molecular weight excluding hydrogens is 462 g/mol. The van der Waals surface area contributed by atoms with E-state index < -0.39 is 15.9 Å². The van der Waals surface area contributed by atoms with Crippen LogP contribution in [0.4, 0.5) is 5.69 Å². The summed E-state index contributed by atoms with van der Waals surface area (Å²) in [5, 5.41) is 9.53. The van der Waals surface area contributed by atoms with Crippen LogP contribution in [0.25, 0.3) is 5.69 Å². The normalized spacial score (nSPS) is 16.9. The second-order valence-electron chi connectivity index (χ2n) is 7.83. The highest BCUT2D eigenvalue weighted by atomic mass is 32.2. The summed E-state index contributed by atoms with van der Waals surface area (Å²) in [4.78, 5) is 25.8. The lowest BCUT2D eigenvalue weighted by molar-refractivity contribution is -0.128. The minimum Gasteiger partial charge on any atom is -0.347 e. The molecule has 11 heteroatoms. The summed E-state index contributed by atoms with van der Waals surface area (Å²) in [5.41, 5.74) is 1.46. The smallest absolute Gasteiger partial charge is 0.252 e. The van der Waals surface area contributed by atoms with E-state index in [4.69, 9.17) is 0 Å². The van der Waals surface area contributed by atoms with E-state index in [0.29, 0.717) is 29.3 Å². The first kappa shape index (κ1) is 23.1. The molecule has 2 aromatic heterocycles. The average molecular weight is 488 g/mol. The van der Waals surface area contributed by atoms with Crippen molar-refractivity contribution in [3.8, 4) is 5.69 Å². The van der Waals surface area contributed by atoms with Crippen molar-refractivity contribution >= 4 is 38.9 Å². The fraction of sp³-hybridized carbons (Fsp3) is 0.318. The maximum atomic E-state index is 12.9. The summed E-state index contributed by atoms with van der Waals surface area (Å²) in [6, 6.07) is 12.4. The molecule has 2 N–H and O–H groups in total. The Kier molecular flexibility index (Phi) is 6.91. The molecule has 4 rings (SSSR count). The highest BCUT2D eigenvalue weighted by molar-refractivity contribution is 7.91. The van der Waals surface area contributed by atoms with Gasteiger partial charge in [-0.25, -0.2) is 13.1 Å². The Bertz CT molecular complexity index is 1220. The van der Waals surface area contributed by atoms with Crippen LogP contribution in [-0.4, -0.2) is 54.0 Å². The molecule has 1 saturated heterocycles. The fourth-order valence-corrected chi connectivity index (χ4v) is 6.65. The van der Waals surface area contributed by atoms with E-state index in [1.165, 1.54) is 15.6 Å². The number of hydrogen-bond donors (Lipinski definition) is 2. The molecule has 0 aliphatic carbocycles. The lowest BCUT2D eigenvalue weighted by atomic mass is 9.99. The van der Waals surface area contributed by atoms with Crippen LogP contribution in [0.2, 0.25) is 0 Å². The molecule has 1 aromatic carbocycles. The predicted molar refractivity (Wildman–Crippen MR) is 126 cm³/mol. The predicted octanol–water partition coefficient (Wildman–Crippen LogP) is 2.40. The van der Waals surface area contributed by atoms with Crippen molar-refractivity contribution in [3.05, 3.63) is 59.7 Å². The molecule has 3 heterocycles. The maximum Gasteiger partial charge on any atom is 0.252 e. The number of hydrogen-bond acceptors (Lipinski definition) is 6. The number of benzene rings is 1. The number of carbonyl (C=O) groups excluding carboxylic acids is 2. The molecule has 3 aromatic rings. The zero-order chi connectivity index (χ0) is 23.4. The van der Waals surface area contributed by atoms with Gasteiger partial charge in [0.25, 0.3) is 10.0 Å². The van der Waals surface area contributed by atoms with Crippen molar-refractivity contribution in [2.75, 3.05) is 25.0 Å². The number of nitrogens with one attached hydrogen (secondary N) is 2. The number of aromatic nitrogens is 2. The van der Waals surface area contributed by atoms with E-state index in [9.17, 15) is 18.0 Å². The van der Waals surface area contributed by atoms with Gasteiger partial charge in [0.2, 0.25) is 11.8 Å². The fourth-order valence-electron chi connectivity index (χ4n) is 3.69. The van der Waals surface area contributed by atoms with E-state index >= 15 is 0 Å². The molecule has 1 fully saturated rings. The number of amides is 2. The van der Waals surface area contributed by atoms with Crippen molar-refractivity contribution in [2.45, 2.75) is 24.0 Å². The van der Waals surface area contributed by atoms with E-state index in [-0.39, 0.29) is 24.9 Å². The van der Waals surface area contributed by atoms with Crippen molar-refractivity contribution in [1.29, 1.82) is 0 Å². The summed E-state index contributed by atoms with van der Waals surface area (Å²) in [6.07, 6.45) is 4.68. The molecule has 1 aliphatic heterocycles. The Labute approximate surface area is 196 Å². The standard InChI is InChI=1S/C22H25N5O4S2/c1-16-5-10-21(32-16)33(30,31)26-12-2-4-17(15-26)22(29)23-14-20(28)25-18-6-8-19(9-7-18)27-13-3-11-24-27/h3,5-11,13,17H,2,4,12,14-15H2,1H3,(H,23,29)(H,25,28). The highest BCUT2D eigenvalue weighted by Crippen LogP contribution is 2.28. The van der Waals surface area contributed by atoms with Crippen molar-refractivity contribution in [2.24, 2.45) is 5.92 Å². The van der Waals surface area contributed by atoms with Gasteiger partial charge in [-0.1, -0.05) is 0 Å². The topological polar surface area (TPSA) is 113 Å². The molecule has 174 valence electrons. The number of aryl methyl sites for hydroxylation is 1. The van der Waals surface area contributed by atoms with Gasteiger partial charge in [0, 0.05) is 36.0 Å². The van der Waals surface area contributed by atoms with Crippen molar-refractivity contribution < 1.29 is 18.0 Å². The minimum absolute atomic E-state index is 0.113. The van der Waals surface area contributed by atoms with E-state index in [1.54, 1.807) is 35.1 Å². The number of piperidine rings is 1. The van der Waals surface area contributed by atoms with Crippen LogP contribution in [0.1, 0.15) is 17.7 Å². The lowest BCUT2D eigenvalue weighted by Crippen LogP contribution is -2.46. The van der Waals surface area contributed by atoms with Gasteiger partial charge in [-0.2, -0.15) is 9.40 Å². The third-order valence-corrected chi connectivity index (χ3v) is 8.74. The van der Waals surface area contributed by atoms with Gasteiger partial charge in [-0.05, 0) is 62.2 Å². The number of sulfonamides is 1. The van der Waals surface area contributed by atoms with Crippen LogP contribution in [0.5, 0.6) is 0 Å². The molecule has 0 radical (unpaired) electrons. The molecule has 2 amide bonds. The third-order valence-electron chi connectivity index (χ3n) is 5.41. The Hall–Kier alpha value is -3.02. The molecule has 0 spiro atoms. The van der Waals surface area contributed by atoms with Gasteiger partial charge in [-0.15, -0.1) is 11.3 Å². The lowest BCUT2D eigenvalue weighted by Gasteiger charge is -2.30. The maximum absolute atomic E-state index is 12.9. The van der Waals surface area contributed by atoms with Gasteiger partial charge in [0.15, 0.2) is 0 Å². The number of rotatable bonds is 7. The second kappa shape index (κ2) is 9.86. The number of anilines is 1. The van der Waals surface area contributed by atoms with Crippen molar-refractivity contribution in [3.63, 3.8) is 0 Å². The second-order valence-corrected chi connectivity index (χ2v) is 11.3. The van der Waals surface area contributed by atoms with Gasteiger partial charge in [0.1, 0.15) is 4.21 Å². The van der Waals surface area contributed by atoms with Gasteiger partial charge in [0.05, 0.1) is 18.2 Å². The molecular formula is C22H25N5O4S2. The highest BCUT2D eigenvalue weighted by Gasteiger charge is 2.34. The molecule has 1 unspecified atom stereocenters. The Morgan fingerprint density at radius 2 is 1.97 bits per heavy atom. The first-order chi connectivity index (χ1) is 15.8. The number of nitrogens with zero attached hydrogens (tertiary/aromatic N) is 3. The Morgan fingerprint density at radius 3 is 2.64 bits per heavy atom. The quantitative estimate of drug-likeness (QED) is 0.531. The molecule has 33 heavy (non-hydrogen) atoms. The zero-order valence-electron chi connectivity index (χ0n) is 18.1. The van der Waals surface area contributed by atoms with Crippen LogP contribution in [-0.2, 0) is 19.6 Å². The van der Waals surface area contributed by atoms with E-state index in [0.717, 1.165) is 10.6 Å². The van der Waals surface area contributed by atoms with Gasteiger partial charge < -0.3 is 10.6 Å². The van der Waals surface area contributed by atoms with Crippen molar-refractivity contribution in [1.82, 2.24) is 19.4 Å². The molecule has 9 nitrogen and oxygen atoms in total. The van der Waals surface area contributed by atoms with E-state index in [2.05, 4.69) is 15.7 Å². The average Bonchev–Trinajstić information content (AvgIpc) is 3.50. The van der Waals surface area contributed by atoms with Crippen LogP contribution in [0.3, 0.4) is 0 Å². The third kappa shape index (κ3) is 5.49. The SMILES string of the molecule is Cc1ccc(S(=O)(=O)N2CCCC(C(=O)NCC(=O)Nc3ccc(-n4cccn4)cc3)C2)s1. The summed E-state index contributed by atoms with van der Waals surface area (Å²) in [5.74, 6) is -1.17. The Balaban J connectivity index is 1.28. The Morgan fingerprint density at radius 1 is 1.18 bits per heavy atom.